The summed E-state index contributed by atoms with van der Waals surface area (Å²) in [7, 11) is 0. The molecule has 0 aliphatic rings. The number of carbonyl (C=O) groups is 3. The predicted molar refractivity (Wildman–Crippen MR) is 260 cm³/mol. The topological polar surface area (TPSA) is 78.9 Å². The van der Waals surface area contributed by atoms with Crippen LogP contribution < -0.4 is 0 Å². The maximum absolute atomic E-state index is 12.7. The van der Waals surface area contributed by atoms with Crippen molar-refractivity contribution in [1.82, 2.24) is 0 Å². The number of carbonyl (C=O) groups excluding carboxylic acids is 3. The van der Waals surface area contributed by atoms with E-state index in [1.807, 2.05) is 18.2 Å². The zero-order valence-electron chi connectivity index (χ0n) is 38.4. The van der Waals surface area contributed by atoms with Gasteiger partial charge in [0, 0.05) is 12.8 Å². The molecule has 0 aromatic rings. The molecule has 0 aromatic heterocycles. The van der Waals surface area contributed by atoms with E-state index in [1.54, 1.807) is 6.08 Å². The second-order valence-electron chi connectivity index (χ2n) is 14.6. The third kappa shape index (κ3) is 46.2. The fraction of sp³-hybridized carbons (Fsp3) is 0.509. The Morgan fingerprint density at radius 1 is 0.361 bits per heavy atom. The van der Waals surface area contributed by atoms with Gasteiger partial charge in [-0.25, -0.2) is 0 Å². The number of rotatable bonds is 39. The lowest BCUT2D eigenvalue weighted by atomic mass is 10.1. The van der Waals surface area contributed by atoms with E-state index >= 15 is 0 Å². The third-order valence-electron chi connectivity index (χ3n) is 8.93. The number of allylic oxidation sites excluding steroid dienone is 23. The van der Waals surface area contributed by atoms with Gasteiger partial charge in [-0.1, -0.05) is 199 Å². The number of ether oxygens (including phenoxy) is 3. The van der Waals surface area contributed by atoms with Crippen LogP contribution in [-0.4, -0.2) is 37.2 Å². The summed E-state index contributed by atoms with van der Waals surface area (Å²) in [5.74, 6) is -1.19. The largest absolute Gasteiger partial charge is 0.462 e. The predicted octanol–water partition coefficient (Wildman–Crippen LogP) is 15.3. The second-order valence-corrected chi connectivity index (χ2v) is 14.6. The van der Waals surface area contributed by atoms with Gasteiger partial charge in [0.25, 0.3) is 0 Å². The monoisotopic (exact) mass is 839 g/mol. The van der Waals surface area contributed by atoms with Gasteiger partial charge in [-0.05, 0) is 89.9 Å². The molecule has 0 aliphatic heterocycles. The quantitative estimate of drug-likeness (QED) is 0.0202. The minimum absolute atomic E-state index is 0.112. The smallest absolute Gasteiger partial charge is 0.309 e. The fourth-order valence-corrected chi connectivity index (χ4v) is 5.53. The lowest BCUT2D eigenvalue weighted by molar-refractivity contribution is -0.166. The standard InChI is InChI=1S/C55H82O6/c1-4-7-10-13-16-19-21-23-25-26-27-28-30-31-33-36-39-42-45-48-54(57)60-51-52(50-59-53(56)47-44-41-38-35-18-15-12-9-6-3)61-55(58)49-46-43-40-37-34-32-29-24-22-20-17-14-11-8-5-2/h7-12,14,16-20,22-23,25,27-28,31,33,35,39,41-42,44,52H,4-6,13,15,21,24,26,29-30,32,34,36-38,40,43,45-51H2,1-3H3/b10-7-,11-8-,12-9-,17-14-,19-16-,22-20-,25-23-,28-27-,33-31-,35-18-,42-39-,44-41-. The summed E-state index contributed by atoms with van der Waals surface area (Å²) in [6, 6.07) is 0. The van der Waals surface area contributed by atoms with Crippen molar-refractivity contribution in [3.8, 4) is 0 Å². The molecule has 6 nitrogen and oxygen atoms in total. The Balaban J connectivity index is 4.57. The Labute approximate surface area is 372 Å². The average molecular weight is 839 g/mol. The molecule has 0 fully saturated rings. The van der Waals surface area contributed by atoms with Crippen LogP contribution in [0, 0.1) is 0 Å². The van der Waals surface area contributed by atoms with Crippen LogP contribution in [0.1, 0.15) is 162 Å². The minimum Gasteiger partial charge on any atom is -0.462 e. The van der Waals surface area contributed by atoms with Crippen LogP contribution in [-0.2, 0) is 28.6 Å². The van der Waals surface area contributed by atoms with Crippen LogP contribution in [0.15, 0.2) is 146 Å². The van der Waals surface area contributed by atoms with Gasteiger partial charge < -0.3 is 14.2 Å². The van der Waals surface area contributed by atoms with E-state index in [4.69, 9.17) is 14.2 Å². The fourth-order valence-electron chi connectivity index (χ4n) is 5.53. The van der Waals surface area contributed by atoms with Crippen molar-refractivity contribution in [2.24, 2.45) is 0 Å². The first-order valence-electron chi connectivity index (χ1n) is 23.4. The first-order valence-corrected chi connectivity index (χ1v) is 23.4. The molecule has 0 heterocycles. The molecule has 0 saturated heterocycles. The van der Waals surface area contributed by atoms with Crippen LogP contribution in [0.5, 0.6) is 0 Å². The van der Waals surface area contributed by atoms with Crippen LogP contribution in [0.3, 0.4) is 0 Å². The van der Waals surface area contributed by atoms with Crippen LogP contribution >= 0.6 is 0 Å². The zero-order valence-corrected chi connectivity index (χ0v) is 38.4. The molecule has 338 valence electrons. The molecule has 0 aromatic carbocycles. The highest BCUT2D eigenvalue weighted by atomic mass is 16.6. The van der Waals surface area contributed by atoms with Crippen molar-refractivity contribution in [2.45, 2.75) is 168 Å². The van der Waals surface area contributed by atoms with Crippen molar-refractivity contribution in [1.29, 1.82) is 0 Å². The molecule has 1 unspecified atom stereocenters. The normalized spacial score (nSPS) is 13.4. The van der Waals surface area contributed by atoms with E-state index in [1.165, 1.54) is 19.3 Å². The number of esters is 3. The van der Waals surface area contributed by atoms with E-state index in [2.05, 4.69) is 142 Å². The molecule has 61 heavy (non-hydrogen) atoms. The van der Waals surface area contributed by atoms with E-state index in [-0.39, 0.29) is 44.4 Å². The molecule has 1 atom stereocenters. The maximum atomic E-state index is 12.7. The SMILES string of the molecule is CC\C=C/C=C\C=C/CCCCCCCCCC(=O)OC(COC(=O)C/C=C\C/C=C\C/C=C\CC)COC(=O)CC/C=C\C/C=C\C/C=C\C/C=C\C/C=C\C/C=C\CC. The summed E-state index contributed by atoms with van der Waals surface area (Å²) in [4.78, 5) is 37.7. The van der Waals surface area contributed by atoms with Gasteiger partial charge in [0.15, 0.2) is 6.10 Å². The summed E-state index contributed by atoms with van der Waals surface area (Å²) >= 11 is 0. The maximum Gasteiger partial charge on any atom is 0.309 e. The van der Waals surface area contributed by atoms with Gasteiger partial charge in [0.1, 0.15) is 13.2 Å². The Morgan fingerprint density at radius 3 is 1.28 bits per heavy atom. The van der Waals surface area contributed by atoms with E-state index in [0.717, 1.165) is 96.3 Å². The Bertz CT molecular complexity index is 1430. The number of hydrogen-bond acceptors (Lipinski definition) is 6. The van der Waals surface area contributed by atoms with E-state index in [9.17, 15) is 14.4 Å². The molecule has 0 rings (SSSR count). The summed E-state index contributed by atoms with van der Waals surface area (Å²) in [6.07, 6.45) is 68.8. The van der Waals surface area contributed by atoms with Crippen molar-refractivity contribution in [3.63, 3.8) is 0 Å². The summed E-state index contributed by atoms with van der Waals surface area (Å²) in [6.45, 7) is 6.06. The second kappa shape index (κ2) is 48.0. The molecule has 0 spiro atoms. The molecule has 0 amide bonds. The van der Waals surface area contributed by atoms with E-state index < -0.39 is 12.1 Å². The average Bonchev–Trinajstić information content (AvgIpc) is 3.26. The van der Waals surface area contributed by atoms with Crippen LogP contribution in [0.2, 0.25) is 0 Å². The Morgan fingerprint density at radius 2 is 0.770 bits per heavy atom. The molecule has 0 N–H and O–H groups in total. The molecule has 0 bridgehead atoms. The summed E-state index contributed by atoms with van der Waals surface area (Å²) in [5.41, 5.74) is 0. The number of hydrogen-bond donors (Lipinski definition) is 0. The van der Waals surface area contributed by atoms with Gasteiger partial charge in [-0.3, -0.25) is 14.4 Å². The summed E-state index contributed by atoms with van der Waals surface area (Å²) in [5, 5.41) is 0. The molecular weight excluding hydrogens is 757 g/mol. The molecule has 6 heteroatoms. The van der Waals surface area contributed by atoms with Gasteiger partial charge in [0.2, 0.25) is 0 Å². The van der Waals surface area contributed by atoms with Crippen molar-refractivity contribution in [2.75, 3.05) is 13.2 Å². The van der Waals surface area contributed by atoms with Gasteiger partial charge in [-0.2, -0.15) is 0 Å². The zero-order chi connectivity index (χ0) is 44.4. The third-order valence-corrected chi connectivity index (χ3v) is 8.93. The highest BCUT2D eigenvalue weighted by Gasteiger charge is 2.19. The lowest BCUT2D eigenvalue weighted by Gasteiger charge is -2.18. The number of unbranched alkanes of at least 4 members (excludes halogenated alkanes) is 7. The molecule has 0 radical (unpaired) electrons. The van der Waals surface area contributed by atoms with Crippen LogP contribution in [0.25, 0.3) is 0 Å². The van der Waals surface area contributed by atoms with Crippen molar-refractivity contribution < 1.29 is 28.6 Å². The Hall–Kier alpha value is -4.71. The highest BCUT2D eigenvalue weighted by molar-refractivity contribution is 5.72. The first-order chi connectivity index (χ1) is 30.0. The lowest BCUT2D eigenvalue weighted by Crippen LogP contribution is -2.30. The minimum atomic E-state index is -0.855. The van der Waals surface area contributed by atoms with Crippen LogP contribution in [0.4, 0.5) is 0 Å². The molecule has 0 saturated carbocycles. The molecule has 0 aliphatic carbocycles. The summed E-state index contributed by atoms with van der Waals surface area (Å²) < 4.78 is 16.5. The Kier molecular flexibility index (Phi) is 44.3. The first kappa shape index (κ1) is 56.3. The van der Waals surface area contributed by atoms with Gasteiger partial charge >= 0.3 is 17.9 Å². The van der Waals surface area contributed by atoms with Gasteiger partial charge in [0.05, 0.1) is 6.42 Å². The van der Waals surface area contributed by atoms with Crippen molar-refractivity contribution >= 4 is 17.9 Å². The highest BCUT2D eigenvalue weighted by Crippen LogP contribution is 2.12. The van der Waals surface area contributed by atoms with Gasteiger partial charge in [-0.15, -0.1) is 0 Å². The van der Waals surface area contributed by atoms with E-state index in [0.29, 0.717) is 6.42 Å². The van der Waals surface area contributed by atoms with Crippen molar-refractivity contribution in [3.05, 3.63) is 146 Å². The molecular formula is C55H82O6.